The van der Waals surface area contributed by atoms with Gasteiger partial charge in [-0.25, -0.2) is 17.5 Å². The van der Waals surface area contributed by atoms with Crippen molar-refractivity contribution in [3.8, 4) is 0 Å². The standard InChI is InChI=1S/C12H17NO6S2/c1-7(12(16)19-4)6-13(3)21(17,18)10-5-9(11(14)15)20-8(10)2/h5,7H,6H2,1-4H3,(H,14,15). The minimum atomic E-state index is -3.85. The van der Waals surface area contributed by atoms with E-state index in [0.717, 1.165) is 21.7 Å². The lowest BCUT2D eigenvalue weighted by molar-refractivity contribution is -0.144. The number of aromatic carboxylic acids is 1. The van der Waals surface area contributed by atoms with Crippen molar-refractivity contribution in [1.82, 2.24) is 4.31 Å². The Hall–Kier alpha value is -1.45. The van der Waals surface area contributed by atoms with Crippen LogP contribution in [0, 0.1) is 12.8 Å². The summed E-state index contributed by atoms with van der Waals surface area (Å²) in [5, 5.41) is 8.92. The van der Waals surface area contributed by atoms with Crippen molar-refractivity contribution in [1.29, 1.82) is 0 Å². The van der Waals surface area contributed by atoms with Gasteiger partial charge in [-0.1, -0.05) is 6.92 Å². The molecule has 0 saturated carbocycles. The van der Waals surface area contributed by atoms with E-state index in [2.05, 4.69) is 4.74 Å². The Labute approximate surface area is 127 Å². The zero-order chi connectivity index (χ0) is 16.4. The minimum Gasteiger partial charge on any atom is -0.477 e. The van der Waals surface area contributed by atoms with Crippen molar-refractivity contribution in [2.45, 2.75) is 18.7 Å². The average molecular weight is 335 g/mol. The van der Waals surface area contributed by atoms with E-state index in [1.54, 1.807) is 13.8 Å². The van der Waals surface area contributed by atoms with Gasteiger partial charge in [-0.15, -0.1) is 11.3 Å². The van der Waals surface area contributed by atoms with E-state index in [-0.39, 0.29) is 16.3 Å². The number of carboxylic acid groups (broad SMARTS) is 1. The summed E-state index contributed by atoms with van der Waals surface area (Å²) in [5.74, 6) is -2.30. The Kier molecular flexibility index (Phi) is 5.48. The van der Waals surface area contributed by atoms with E-state index in [1.165, 1.54) is 14.2 Å². The molecule has 1 aromatic heterocycles. The van der Waals surface area contributed by atoms with E-state index in [0.29, 0.717) is 4.88 Å². The number of ether oxygens (including phenoxy) is 1. The molecule has 0 bridgehead atoms. The van der Waals surface area contributed by atoms with Crippen LogP contribution in [0.3, 0.4) is 0 Å². The van der Waals surface area contributed by atoms with Gasteiger partial charge < -0.3 is 9.84 Å². The van der Waals surface area contributed by atoms with Crippen LogP contribution in [0.1, 0.15) is 21.5 Å². The van der Waals surface area contributed by atoms with E-state index >= 15 is 0 Å². The van der Waals surface area contributed by atoms with Crippen LogP contribution in [0.15, 0.2) is 11.0 Å². The SMILES string of the molecule is COC(=O)C(C)CN(C)S(=O)(=O)c1cc(C(=O)O)sc1C. The predicted octanol–water partition coefficient (Wildman–Crippen LogP) is 1.18. The van der Waals surface area contributed by atoms with Gasteiger partial charge in [-0.2, -0.15) is 0 Å². The van der Waals surface area contributed by atoms with Crippen LogP contribution < -0.4 is 0 Å². The normalized spacial score (nSPS) is 13.2. The average Bonchev–Trinajstić information content (AvgIpc) is 2.80. The number of thiophene rings is 1. The molecule has 0 amide bonds. The molecular weight excluding hydrogens is 318 g/mol. The molecule has 0 spiro atoms. The van der Waals surface area contributed by atoms with Crippen LogP contribution in [0.5, 0.6) is 0 Å². The van der Waals surface area contributed by atoms with Crippen LogP contribution in [-0.4, -0.2) is 50.5 Å². The number of carbonyl (C=O) groups is 2. The van der Waals surface area contributed by atoms with Crippen LogP contribution in [0.2, 0.25) is 0 Å². The maximum Gasteiger partial charge on any atom is 0.345 e. The molecule has 0 aromatic carbocycles. The molecule has 0 aliphatic heterocycles. The third-order valence-corrected chi connectivity index (χ3v) is 6.02. The van der Waals surface area contributed by atoms with Gasteiger partial charge in [0, 0.05) is 18.5 Å². The number of aryl methyl sites for hydroxylation is 1. The summed E-state index contributed by atoms with van der Waals surface area (Å²) in [6.45, 7) is 3.05. The Balaban J connectivity index is 3.05. The third-order valence-electron chi connectivity index (χ3n) is 2.91. The zero-order valence-corrected chi connectivity index (χ0v) is 13.7. The molecular formula is C12H17NO6S2. The second-order valence-electron chi connectivity index (χ2n) is 4.55. The van der Waals surface area contributed by atoms with Crippen molar-refractivity contribution in [3.05, 3.63) is 15.8 Å². The Morgan fingerprint density at radius 2 is 2.05 bits per heavy atom. The van der Waals surface area contributed by atoms with E-state index in [1.807, 2.05) is 0 Å². The molecule has 21 heavy (non-hydrogen) atoms. The number of hydrogen-bond donors (Lipinski definition) is 1. The monoisotopic (exact) mass is 335 g/mol. The van der Waals surface area contributed by atoms with Gasteiger partial charge >= 0.3 is 11.9 Å². The van der Waals surface area contributed by atoms with Crippen LogP contribution in [0.4, 0.5) is 0 Å². The molecule has 0 fully saturated rings. The molecule has 1 aromatic rings. The largest absolute Gasteiger partial charge is 0.477 e. The highest BCUT2D eigenvalue weighted by molar-refractivity contribution is 7.89. The van der Waals surface area contributed by atoms with Gasteiger partial charge in [0.2, 0.25) is 10.0 Å². The zero-order valence-electron chi connectivity index (χ0n) is 12.1. The second kappa shape index (κ2) is 6.54. The molecule has 1 heterocycles. The molecule has 1 atom stereocenters. The smallest absolute Gasteiger partial charge is 0.345 e. The highest BCUT2D eigenvalue weighted by Gasteiger charge is 2.29. The van der Waals surface area contributed by atoms with Crippen LogP contribution >= 0.6 is 11.3 Å². The van der Waals surface area contributed by atoms with Crippen molar-refractivity contribution < 1.29 is 27.9 Å². The second-order valence-corrected chi connectivity index (χ2v) is 7.82. The van der Waals surface area contributed by atoms with Gasteiger partial charge in [0.15, 0.2) is 0 Å². The lowest BCUT2D eigenvalue weighted by Gasteiger charge is -2.19. The number of esters is 1. The van der Waals surface area contributed by atoms with Gasteiger partial charge in [0.1, 0.15) is 4.88 Å². The number of sulfonamides is 1. The number of rotatable bonds is 6. The first kappa shape index (κ1) is 17.6. The summed E-state index contributed by atoms with van der Waals surface area (Å²) >= 11 is 0.899. The summed E-state index contributed by atoms with van der Waals surface area (Å²) in [5.41, 5.74) is 0. The lowest BCUT2D eigenvalue weighted by Crippen LogP contribution is -2.34. The van der Waals surface area contributed by atoms with Crippen LogP contribution in [0.25, 0.3) is 0 Å². The van der Waals surface area contributed by atoms with Gasteiger partial charge in [-0.3, -0.25) is 4.79 Å². The molecule has 1 rings (SSSR count). The lowest BCUT2D eigenvalue weighted by atomic mass is 10.2. The molecule has 0 aliphatic rings. The summed E-state index contributed by atoms with van der Waals surface area (Å²) < 4.78 is 30.4. The first-order chi connectivity index (χ1) is 9.61. The fourth-order valence-electron chi connectivity index (χ4n) is 1.75. The first-order valence-electron chi connectivity index (χ1n) is 5.99. The van der Waals surface area contributed by atoms with Crippen molar-refractivity contribution >= 4 is 33.3 Å². The Morgan fingerprint density at radius 1 is 1.48 bits per heavy atom. The molecule has 0 saturated heterocycles. The molecule has 1 N–H and O–H groups in total. The van der Waals surface area contributed by atoms with Crippen molar-refractivity contribution in [3.63, 3.8) is 0 Å². The Morgan fingerprint density at radius 3 is 2.48 bits per heavy atom. The topological polar surface area (TPSA) is 101 Å². The quantitative estimate of drug-likeness (QED) is 0.784. The van der Waals surface area contributed by atoms with E-state index < -0.39 is 27.9 Å². The minimum absolute atomic E-state index is 0.0412. The van der Waals surface area contributed by atoms with Gasteiger partial charge in [0.05, 0.1) is 17.9 Å². The maximum absolute atomic E-state index is 12.4. The highest BCUT2D eigenvalue weighted by Crippen LogP contribution is 2.28. The fourth-order valence-corrected chi connectivity index (χ4v) is 4.41. The Bertz CT molecular complexity index is 649. The van der Waals surface area contributed by atoms with Crippen LogP contribution in [-0.2, 0) is 19.6 Å². The molecule has 9 heteroatoms. The molecule has 0 radical (unpaired) electrons. The molecule has 118 valence electrons. The molecule has 7 nitrogen and oxygen atoms in total. The van der Waals surface area contributed by atoms with Gasteiger partial charge in [0.25, 0.3) is 0 Å². The number of hydrogen-bond acceptors (Lipinski definition) is 6. The van der Waals surface area contributed by atoms with Crippen molar-refractivity contribution in [2.24, 2.45) is 5.92 Å². The van der Waals surface area contributed by atoms with E-state index in [9.17, 15) is 18.0 Å². The van der Waals surface area contributed by atoms with Gasteiger partial charge in [-0.05, 0) is 13.0 Å². The maximum atomic E-state index is 12.4. The third kappa shape index (κ3) is 3.80. The first-order valence-corrected chi connectivity index (χ1v) is 8.24. The fraction of sp³-hybridized carbons (Fsp3) is 0.500. The van der Waals surface area contributed by atoms with Crippen molar-refractivity contribution in [2.75, 3.05) is 20.7 Å². The molecule has 0 aliphatic carbocycles. The summed E-state index contributed by atoms with van der Waals surface area (Å²) in [7, 11) is -1.28. The predicted molar refractivity (Wildman–Crippen MR) is 77.0 cm³/mol. The summed E-state index contributed by atoms with van der Waals surface area (Å²) in [6, 6.07) is 1.14. The number of carbonyl (C=O) groups excluding carboxylic acids is 1. The highest BCUT2D eigenvalue weighted by atomic mass is 32.2. The summed E-state index contributed by atoms with van der Waals surface area (Å²) in [4.78, 5) is 22.6. The van der Waals surface area contributed by atoms with E-state index in [4.69, 9.17) is 5.11 Å². The number of nitrogens with zero attached hydrogens (tertiary/aromatic N) is 1. The number of carboxylic acids is 1. The summed E-state index contributed by atoms with van der Waals surface area (Å²) in [6.07, 6.45) is 0. The number of methoxy groups -OCH3 is 1. The molecule has 1 unspecified atom stereocenters.